The van der Waals surface area contributed by atoms with Crippen molar-refractivity contribution in [1.29, 1.82) is 0 Å². The van der Waals surface area contributed by atoms with E-state index in [9.17, 15) is 34.5 Å². The van der Waals surface area contributed by atoms with Gasteiger partial charge in [0.2, 0.25) is 11.7 Å². The zero-order chi connectivity index (χ0) is 28.9. The monoisotopic (exact) mass is 576 g/mol. The first-order chi connectivity index (χ1) is 18.8. The number of ketones is 1. The van der Waals surface area contributed by atoms with E-state index in [1.807, 2.05) is 0 Å². The Bertz CT molecular complexity index is 1370. The van der Waals surface area contributed by atoms with E-state index >= 15 is 0 Å². The van der Waals surface area contributed by atoms with Crippen LogP contribution in [0.4, 0.5) is 0 Å². The maximum Gasteiger partial charge on any atom is 0.348 e. The molecule has 12 heteroatoms. The molecule has 3 N–H and O–H groups in total. The third kappa shape index (κ3) is 3.17. The summed E-state index contributed by atoms with van der Waals surface area (Å²) < 4.78 is 22.7. The van der Waals surface area contributed by atoms with Crippen molar-refractivity contribution in [3.05, 3.63) is 46.2 Å². The number of aliphatic hydroxyl groups is 3. The van der Waals surface area contributed by atoms with Crippen LogP contribution in [0.1, 0.15) is 37.0 Å². The van der Waals surface area contributed by atoms with Crippen LogP contribution in [0.3, 0.4) is 0 Å². The first-order valence-electron chi connectivity index (χ1n) is 13.0. The van der Waals surface area contributed by atoms with Crippen LogP contribution < -0.4 is 0 Å². The molecule has 1 aromatic rings. The van der Waals surface area contributed by atoms with Crippen LogP contribution in [0.2, 0.25) is 5.02 Å². The summed E-state index contributed by atoms with van der Waals surface area (Å²) in [6, 6.07) is 5.87. The van der Waals surface area contributed by atoms with Gasteiger partial charge in [-0.2, -0.15) is 0 Å². The van der Waals surface area contributed by atoms with Crippen molar-refractivity contribution in [3.8, 4) is 0 Å². The fourth-order valence-corrected chi connectivity index (χ4v) is 8.85. The minimum absolute atomic E-state index is 0.0398. The Balaban J connectivity index is 1.54. The van der Waals surface area contributed by atoms with Crippen molar-refractivity contribution in [3.63, 3.8) is 0 Å². The maximum absolute atomic E-state index is 13.6. The fourth-order valence-electron chi connectivity index (χ4n) is 8.65. The van der Waals surface area contributed by atoms with Gasteiger partial charge in [-0.15, -0.1) is 0 Å². The Kier molecular flexibility index (Phi) is 5.95. The van der Waals surface area contributed by atoms with Gasteiger partial charge >= 0.3 is 17.9 Å². The Hall–Kier alpha value is -2.99. The highest BCUT2D eigenvalue weighted by Crippen LogP contribution is 2.72. The van der Waals surface area contributed by atoms with Crippen molar-refractivity contribution < 1.29 is 53.4 Å². The summed E-state index contributed by atoms with van der Waals surface area (Å²) in [5.41, 5.74) is -4.22. The Labute approximate surface area is 234 Å². The number of esters is 3. The molecule has 2 aliphatic heterocycles. The first-order valence-corrected chi connectivity index (χ1v) is 13.4. The molecule has 1 spiro atoms. The molecule has 0 aromatic heterocycles. The predicted molar refractivity (Wildman–Crippen MR) is 134 cm³/mol. The highest BCUT2D eigenvalue weighted by molar-refractivity contribution is 6.30. The molecule has 5 aliphatic rings. The molecular weight excluding hydrogens is 548 g/mol. The number of carbonyl (C=O) groups excluding carboxylic acids is 4. The number of hydrogen-bond donors (Lipinski definition) is 3. The standard InChI is InChI=1S/C28H29ClO11/c1-11-14-8-16-27-10-38-28(25(36)37-3,22(33)18(32)20(27)26(14,2)9-15(30)17(11)31)21(27)19(24(35)39-16)40-23(34)12-5-4-6-13(29)7-12/h4-7,14,16,18-22,31-33H,8-10H2,1-3H3/t14?,16-,18-,19-,20?,21-,22?,26+,27-,28+/m1/s1. The third-order valence-corrected chi connectivity index (χ3v) is 10.4. The molecule has 0 radical (unpaired) electrons. The van der Waals surface area contributed by atoms with Crippen LogP contribution in [0.15, 0.2) is 35.6 Å². The van der Waals surface area contributed by atoms with Gasteiger partial charge in [-0.05, 0) is 48.4 Å². The van der Waals surface area contributed by atoms with Gasteiger partial charge < -0.3 is 34.3 Å². The number of ether oxygens (including phenoxy) is 4. The lowest BCUT2D eigenvalue weighted by molar-refractivity contribution is -0.288. The van der Waals surface area contributed by atoms with Gasteiger partial charge in [-0.25, -0.2) is 14.4 Å². The number of halogens is 1. The number of methoxy groups -OCH3 is 1. The van der Waals surface area contributed by atoms with Crippen LogP contribution >= 0.6 is 11.6 Å². The van der Waals surface area contributed by atoms with E-state index in [-0.39, 0.29) is 35.8 Å². The van der Waals surface area contributed by atoms with Crippen molar-refractivity contribution in [2.45, 2.75) is 56.7 Å². The van der Waals surface area contributed by atoms with Gasteiger partial charge in [0, 0.05) is 22.8 Å². The Morgan fingerprint density at radius 3 is 2.58 bits per heavy atom. The van der Waals surface area contributed by atoms with E-state index in [1.165, 1.54) is 18.2 Å². The van der Waals surface area contributed by atoms with E-state index < -0.39 is 82.3 Å². The fraction of sp³-hybridized carbons (Fsp3) is 0.571. The van der Waals surface area contributed by atoms with Crippen molar-refractivity contribution in [2.75, 3.05) is 13.7 Å². The highest BCUT2D eigenvalue weighted by Gasteiger charge is 2.85. The molecule has 2 bridgehead atoms. The molecule has 214 valence electrons. The summed E-state index contributed by atoms with van der Waals surface area (Å²) in [4.78, 5) is 53.1. The van der Waals surface area contributed by atoms with Gasteiger partial charge in [0.05, 0.1) is 31.3 Å². The highest BCUT2D eigenvalue weighted by atomic mass is 35.5. The van der Waals surface area contributed by atoms with Crippen LogP contribution in [0.5, 0.6) is 0 Å². The van der Waals surface area contributed by atoms with E-state index in [4.69, 9.17) is 30.5 Å². The number of Topliss-reactive ketones (excluding diaryl/α,β-unsaturated/α-hetero) is 1. The first kappa shape index (κ1) is 27.2. The lowest BCUT2D eigenvalue weighted by Crippen LogP contribution is -2.79. The number of allylic oxidation sites excluding steroid dienone is 2. The summed E-state index contributed by atoms with van der Waals surface area (Å²) in [5, 5.41) is 34.1. The molecule has 2 saturated carbocycles. The summed E-state index contributed by atoms with van der Waals surface area (Å²) in [6.07, 6.45) is -6.22. The van der Waals surface area contributed by atoms with Crippen LogP contribution in [-0.4, -0.2) is 82.7 Å². The van der Waals surface area contributed by atoms with E-state index in [1.54, 1.807) is 19.9 Å². The predicted octanol–water partition coefficient (Wildman–Crippen LogP) is 1.52. The maximum atomic E-state index is 13.6. The Morgan fingerprint density at radius 2 is 1.90 bits per heavy atom. The summed E-state index contributed by atoms with van der Waals surface area (Å²) >= 11 is 6.03. The largest absolute Gasteiger partial charge is 0.504 e. The van der Waals surface area contributed by atoms with Gasteiger partial charge in [0.1, 0.15) is 12.2 Å². The number of carbonyl (C=O) groups is 4. The lowest BCUT2D eigenvalue weighted by Gasteiger charge is -2.67. The number of benzene rings is 1. The van der Waals surface area contributed by atoms with Crippen molar-refractivity contribution in [2.24, 2.45) is 28.6 Å². The molecule has 0 amide bonds. The van der Waals surface area contributed by atoms with E-state index in [2.05, 4.69) is 0 Å². The quantitative estimate of drug-likeness (QED) is 0.353. The van der Waals surface area contributed by atoms with Gasteiger partial charge in [0.15, 0.2) is 11.5 Å². The topological polar surface area (TPSA) is 166 Å². The molecule has 4 fully saturated rings. The molecule has 10 atom stereocenters. The molecule has 11 nitrogen and oxygen atoms in total. The van der Waals surface area contributed by atoms with Crippen molar-refractivity contribution in [1.82, 2.24) is 0 Å². The molecule has 6 rings (SSSR count). The molecule has 1 aromatic carbocycles. The summed E-state index contributed by atoms with van der Waals surface area (Å²) in [5.74, 6) is -6.60. The molecule has 3 aliphatic carbocycles. The smallest absolute Gasteiger partial charge is 0.348 e. The van der Waals surface area contributed by atoms with Crippen LogP contribution in [0, 0.1) is 28.6 Å². The second-order valence-corrected chi connectivity index (χ2v) is 12.2. The number of fused-ring (bicyclic) bond motifs is 2. The van der Waals surface area contributed by atoms with Gasteiger partial charge in [0.25, 0.3) is 0 Å². The second-order valence-electron chi connectivity index (χ2n) is 11.8. The number of aliphatic hydroxyl groups excluding tert-OH is 3. The minimum atomic E-state index is -2.27. The lowest BCUT2D eigenvalue weighted by atomic mass is 9.38. The molecule has 3 unspecified atom stereocenters. The SMILES string of the molecule is COC(=O)[C@@]12OC[C@]34C([C@@H](O)C1O)[C@@]1(C)CC(=O)C(O)=C(C)C1C[C@H]3OC(=O)[C@H](OC(=O)c1cccc(Cl)c1)[C@H]42. The zero-order valence-corrected chi connectivity index (χ0v) is 22.7. The Morgan fingerprint density at radius 1 is 1.18 bits per heavy atom. The minimum Gasteiger partial charge on any atom is -0.504 e. The van der Waals surface area contributed by atoms with Crippen LogP contribution in [0.25, 0.3) is 0 Å². The van der Waals surface area contributed by atoms with Gasteiger partial charge in [-0.1, -0.05) is 24.6 Å². The normalized spacial score (nSPS) is 43.4. The number of rotatable bonds is 3. The summed E-state index contributed by atoms with van der Waals surface area (Å²) in [7, 11) is 1.08. The number of hydrogen-bond acceptors (Lipinski definition) is 11. The molecular formula is C28H29ClO11. The average molecular weight is 577 g/mol. The summed E-state index contributed by atoms with van der Waals surface area (Å²) in [6.45, 7) is 3.14. The molecule has 2 saturated heterocycles. The van der Waals surface area contributed by atoms with Gasteiger partial charge in [-0.3, -0.25) is 4.79 Å². The van der Waals surface area contributed by atoms with Crippen molar-refractivity contribution >= 4 is 35.3 Å². The second kappa shape index (κ2) is 8.75. The van der Waals surface area contributed by atoms with Crippen LogP contribution in [-0.2, 0) is 33.3 Å². The van der Waals surface area contributed by atoms with E-state index in [0.29, 0.717) is 5.57 Å². The molecule has 2 heterocycles. The average Bonchev–Trinajstić information content (AvgIpc) is 3.22. The molecule has 40 heavy (non-hydrogen) atoms. The van der Waals surface area contributed by atoms with E-state index in [0.717, 1.165) is 7.11 Å². The zero-order valence-electron chi connectivity index (χ0n) is 22.0. The third-order valence-electron chi connectivity index (χ3n) is 10.1.